The quantitative estimate of drug-likeness (QED) is 0.456. The number of allylic oxidation sites excluding steroid dienone is 2. The summed E-state index contributed by atoms with van der Waals surface area (Å²) in [5, 5.41) is 0. The van der Waals surface area contributed by atoms with Crippen molar-refractivity contribution < 1.29 is 4.79 Å². The van der Waals surface area contributed by atoms with Gasteiger partial charge in [-0.25, -0.2) is 0 Å². The van der Waals surface area contributed by atoms with Crippen LogP contribution in [-0.2, 0) is 4.79 Å². The van der Waals surface area contributed by atoms with Gasteiger partial charge >= 0.3 is 0 Å². The smallest absolute Gasteiger partial charge is 0.147 e. The zero-order valence-electron chi connectivity index (χ0n) is 6.48. The van der Waals surface area contributed by atoms with E-state index in [0.717, 1.165) is 6.42 Å². The Morgan fingerprint density at radius 2 is 2.10 bits per heavy atom. The maximum absolute atomic E-state index is 10.6. The van der Waals surface area contributed by atoms with E-state index in [1.165, 1.54) is 5.57 Å². The Balaban J connectivity index is 3.37. The van der Waals surface area contributed by atoms with Gasteiger partial charge in [-0.1, -0.05) is 11.6 Å². The fraction of sp³-hybridized carbons (Fsp3) is 0.625. The van der Waals surface area contributed by atoms with Gasteiger partial charge < -0.3 is 0 Å². The maximum atomic E-state index is 10.6. The SMILES string of the molecule is CC(C)=CCCC(=O)CCl. The van der Waals surface area contributed by atoms with Crippen LogP contribution >= 0.6 is 11.6 Å². The Hall–Kier alpha value is -0.300. The van der Waals surface area contributed by atoms with Gasteiger partial charge in [-0.15, -0.1) is 11.6 Å². The van der Waals surface area contributed by atoms with Gasteiger partial charge in [0.2, 0.25) is 0 Å². The molecule has 0 unspecified atom stereocenters. The van der Waals surface area contributed by atoms with E-state index in [9.17, 15) is 4.79 Å². The van der Waals surface area contributed by atoms with Crippen molar-refractivity contribution in [3.8, 4) is 0 Å². The second kappa shape index (κ2) is 5.48. The molecule has 0 bridgehead atoms. The van der Waals surface area contributed by atoms with Gasteiger partial charge in [-0.2, -0.15) is 0 Å². The molecule has 0 N–H and O–H groups in total. The maximum Gasteiger partial charge on any atom is 0.147 e. The summed E-state index contributed by atoms with van der Waals surface area (Å²) in [6, 6.07) is 0. The molecular formula is C8H13ClO. The van der Waals surface area contributed by atoms with Crippen molar-refractivity contribution in [2.45, 2.75) is 26.7 Å². The van der Waals surface area contributed by atoms with E-state index >= 15 is 0 Å². The molecule has 0 spiro atoms. The summed E-state index contributed by atoms with van der Waals surface area (Å²) in [6.45, 7) is 4.04. The highest BCUT2D eigenvalue weighted by Crippen LogP contribution is 1.98. The molecule has 0 atom stereocenters. The molecule has 0 aliphatic heterocycles. The summed E-state index contributed by atoms with van der Waals surface area (Å²) in [6.07, 6.45) is 3.45. The Bertz CT molecular complexity index is 134. The van der Waals surface area contributed by atoms with Crippen LogP contribution in [0.4, 0.5) is 0 Å². The lowest BCUT2D eigenvalue weighted by atomic mass is 10.2. The second-order valence-corrected chi connectivity index (χ2v) is 2.76. The third kappa shape index (κ3) is 5.83. The largest absolute Gasteiger partial charge is 0.298 e. The highest BCUT2D eigenvalue weighted by Gasteiger charge is 1.95. The van der Waals surface area contributed by atoms with Crippen molar-refractivity contribution in [2.75, 3.05) is 5.88 Å². The fourth-order valence-corrected chi connectivity index (χ4v) is 0.722. The third-order valence-electron chi connectivity index (χ3n) is 1.12. The van der Waals surface area contributed by atoms with E-state index in [0.29, 0.717) is 6.42 Å². The van der Waals surface area contributed by atoms with E-state index in [2.05, 4.69) is 0 Å². The van der Waals surface area contributed by atoms with Crippen LogP contribution in [0.25, 0.3) is 0 Å². The van der Waals surface area contributed by atoms with Crippen LogP contribution in [0.3, 0.4) is 0 Å². The predicted molar refractivity (Wildman–Crippen MR) is 44.4 cm³/mol. The lowest BCUT2D eigenvalue weighted by Gasteiger charge is -1.91. The van der Waals surface area contributed by atoms with Crippen molar-refractivity contribution in [3.05, 3.63) is 11.6 Å². The molecule has 0 aliphatic rings. The van der Waals surface area contributed by atoms with Crippen molar-refractivity contribution in [1.29, 1.82) is 0 Å². The molecule has 0 rings (SSSR count). The van der Waals surface area contributed by atoms with Crippen LogP contribution in [0.15, 0.2) is 11.6 Å². The zero-order chi connectivity index (χ0) is 7.98. The second-order valence-electron chi connectivity index (χ2n) is 2.49. The van der Waals surface area contributed by atoms with Gasteiger partial charge in [0, 0.05) is 6.42 Å². The topological polar surface area (TPSA) is 17.1 Å². The number of hydrogen-bond donors (Lipinski definition) is 0. The number of ketones is 1. The molecule has 0 saturated carbocycles. The molecule has 0 aliphatic carbocycles. The molecule has 0 radical (unpaired) electrons. The molecule has 0 heterocycles. The molecule has 10 heavy (non-hydrogen) atoms. The summed E-state index contributed by atoms with van der Waals surface area (Å²) in [5.41, 5.74) is 1.25. The van der Waals surface area contributed by atoms with Crippen molar-refractivity contribution >= 4 is 17.4 Å². The van der Waals surface area contributed by atoms with Crippen LogP contribution in [0.1, 0.15) is 26.7 Å². The third-order valence-corrected chi connectivity index (χ3v) is 1.42. The van der Waals surface area contributed by atoms with E-state index in [1.54, 1.807) is 0 Å². The first-order chi connectivity index (χ1) is 4.66. The van der Waals surface area contributed by atoms with Gasteiger partial charge in [0.25, 0.3) is 0 Å². The van der Waals surface area contributed by atoms with E-state index in [-0.39, 0.29) is 11.7 Å². The van der Waals surface area contributed by atoms with Gasteiger partial charge in [0.05, 0.1) is 5.88 Å². The molecule has 0 aromatic heterocycles. The van der Waals surface area contributed by atoms with Gasteiger partial charge in [-0.3, -0.25) is 4.79 Å². The van der Waals surface area contributed by atoms with E-state index in [4.69, 9.17) is 11.6 Å². The molecule has 0 fully saturated rings. The molecule has 1 nitrogen and oxygen atoms in total. The lowest BCUT2D eigenvalue weighted by molar-refractivity contribution is -0.116. The zero-order valence-corrected chi connectivity index (χ0v) is 7.24. The number of halogens is 1. The fourth-order valence-electron chi connectivity index (χ4n) is 0.589. The van der Waals surface area contributed by atoms with Crippen LogP contribution < -0.4 is 0 Å². The first kappa shape index (κ1) is 9.70. The van der Waals surface area contributed by atoms with Crippen molar-refractivity contribution in [3.63, 3.8) is 0 Å². The summed E-state index contributed by atoms with van der Waals surface area (Å²) < 4.78 is 0. The molecule has 0 amide bonds. The Kier molecular flexibility index (Phi) is 5.32. The summed E-state index contributed by atoms with van der Waals surface area (Å²) in [7, 11) is 0. The number of hydrogen-bond acceptors (Lipinski definition) is 1. The highest BCUT2D eigenvalue weighted by molar-refractivity contribution is 6.27. The van der Waals surface area contributed by atoms with Gasteiger partial charge in [0.15, 0.2) is 0 Å². The molecule has 0 aromatic carbocycles. The number of carbonyl (C=O) groups excluding carboxylic acids is 1. The normalized spacial score (nSPS) is 9.10. The van der Waals surface area contributed by atoms with E-state index in [1.807, 2.05) is 19.9 Å². The first-order valence-corrected chi connectivity index (χ1v) is 3.91. The number of Topliss-reactive ketones (excluding diaryl/α,β-unsaturated/α-hetero) is 1. The van der Waals surface area contributed by atoms with Crippen LogP contribution in [0.5, 0.6) is 0 Å². The van der Waals surface area contributed by atoms with Crippen molar-refractivity contribution in [1.82, 2.24) is 0 Å². The van der Waals surface area contributed by atoms with Gasteiger partial charge in [-0.05, 0) is 20.3 Å². The Labute approximate surface area is 67.1 Å². The minimum atomic E-state index is 0.124. The van der Waals surface area contributed by atoms with Gasteiger partial charge in [0.1, 0.15) is 5.78 Å². The van der Waals surface area contributed by atoms with Crippen molar-refractivity contribution in [2.24, 2.45) is 0 Å². The lowest BCUT2D eigenvalue weighted by Crippen LogP contribution is -1.96. The summed E-state index contributed by atoms with van der Waals surface area (Å²) in [4.78, 5) is 10.6. The predicted octanol–water partition coefficient (Wildman–Crippen LogP) is 2.54. The Morgan fingerprint density at radius 1 is 1.50 bits per heavy atom. The monoisotopic (exact) mass is 160 g/mol. The first-order valence-electron chi connectivity index (χ1n) is 3.38. The average molecular weight is 161 g/mol. The van der Waals surface area contributed by atoms with Crippen LogP contribution in [0.2, 0.25) is 0 Å². The van der Waals surface area contributed by atoms with Crippen LogP contribution in [-0.4, -0.2) is 11.7 Å². The minimum Gasteiger partial charge on any atom is -0.298 e. The van der Waals surface area contributed by atoms with Crippen LogP contribution in [0, 0.1) is 0 Å². The number of carbonyl (C=O) groups is 1. The molecule has 58 valence electrons. The number of alkyl halides is 1. The average Bonchev–Trinajstić information content (AvgIpc) is 1.87. The molecular weight excluding hydrogens is 148 g/mol. The number of rotatable bonds is 4. The van der Waals surface area contributed by atoms with E-state index < -0.39 is 0 Å². The summed E-state index contributed by atoms with van der Waals surface area (Å²) >= 11 is 5.30. The minimum absolute atomic E-state index is 0.124. The highest BCUT2D eigenvalue weighted by atomic mass is 35.5. The molecule has 2 heteroatoms. The Morgan fingerprint density at radius 3 is 2.50 bits per heavy atom. The molecule has 0 saturated heterocycles. The summed E-state index contributed by atoms with van der Waals surface area (Å²) in [5.74, 6) is 0.274. The molecule has 0 aromatic rings. The standard InChI is InChI=1S/C8H13ClO/c1-7(2)4-3-5-8(10)6-9/h4H,3,5-6H2,1-2H3.